The van der Waals surface area contributed by atoms with Crippen molar-refractivity contribution in [2.45, 2.75) is 290 Å². The third kappa shape index (κ3) is 64.3. The summed E-state index contributed by atoms with van der Waals surface area (Å²) in [5.41, 5.74) is 0. The van der Waals surface area contributed by atoms with Crippen LogP contribution in [0.3, 0.4) is 0 Å². The first-order chi connectivity index (χ1) is 38.6. The summed E-state index contributed by atoms with van der Waals surface area (Å²) in [7, 11) is 0. The van der Waals surface area contributed by atoms with Gasteiger partial charge in [0, 0.05) is 12.8 Å². The lowest BCUT2D eigenvalue weighted by atomic mass is 10.0. The highest BCUT2D eigenvalue weighted by molar-refractivity contribution is 5.70. The van der Waals surface area contributed by atoms with E-state index in [1.807, 2.05) is 0 Å². The van der Waals surface area contributed by atoms with Gasteiger partial charge in [0.25, 0.3) is 0 Å². The highest BCUT2D eigenvalue weighted by atomic mass is 16.6. The fraction of sp³-hybridized carbons (Fsp3) is 0.644. The van der Waals surface area contributed by atoms with Gasteiger partial charge in [-0.1, -0.05) is 307 Å². The second-order valence-electron chi connectivity index (χ2n) is 21.1. The van der Waals surface area contributed by atoms with Gasteiger partial charge in [0.1, 0.15) is 6.61 Å². The minimum absolute atomic E-state index is 0.0943. The van der Waals surface area contributed by atoms with E-state index in [0.29, 0.717) is 12.8 Å². The van der Waals surface area contributed by atoms with Gasteiger partial charge >= 0.3 is 11.9 Å². The van der Waals surface area contributed by atoms with Gasteiger partial charge in [0.15, 0.2) is 6.10 Å². The van der Waals surface area contributed by atoms with E-state index < -0.39 is 6.10 Å². The molecule has 0 fully saturated rings. The Labute approximate surface area is 482 Å². The standard InChI is InChI=1S/C73H120O5/c1-3-5-7-9-11-13-15-17-19-21-23-25-27-28-29-30-31-32-33-34-35-36-37-38-39-40-41-42-43-44-46-47-49-51-53-55-57-59-61-63-65-67-72(75)77-70-71(69-74)78-73(76)68-66-64-62-60-58-56-54-52-50-48-45-26-24-22-20-18-16-14-12-10-8-6-4-2/h5-8,11-14,17-20,23-26,28-29,48,50,54,56,60,62,71,74H,3-4,9-10,15-16,21-22,27,30-47,49,51-53,55,57-59,61,63-70H2,1-2H3/b7-5-,8-6-,13-11-,14-12-,19-17-,20-18-,25-23-,26-24-,29-28-,50-48-,56-54-,62-60-. The zero-order valence-electron chi connectivity index (χ0n) is 50.6. The van der Waals surface area contributed by atoms with E-state index in [0.717, 1.165) is 103 Å². The SMILES string of the molecule is CC/C=C\C/C=C\C/C=C\C/C=C\C/C=C\C/C=C\C/C=C\CCCC(=O)OC(CO)COC(=O)CCCCCCCCCCCCCCCCCCCCCCCCCCC/C=C\C/C=C\C/C=C\C/C=C\C/C=C\CC. The lowest BCUT2D eigenvalue weighted by Crippen LogP contribution is -2.28. The molecule has 0 aromatic rings. The molecule has 0 radical (unpaired) electrons. The number of allylic oxidation sites excluding steroid dienone is 24. The normalized spacial score (nSPS) is 13.2. The molecule has 1 unspecified atom stereocenters. The predicted molar refractivity (Wildman–Crippen MR) is 343 cm³/mol. The molecule has 0 spiro atoms. The number of aliphatic hydroxyl groups excluding tert-OH is 1. The number of carbonyl (C=O) groups excluding carboxylic acids is 2. The van der Waals surface area contributed by atoms with Crippen LogP contribution in [-0.4, -0.2) is 36.4 Å². The monoisotopic (exact) mass is 1080 g/mol. The lowest BCUT2D eigenvalue weighted by molar-refractivity contribution is -0.161. The maximum Gasteiger partial charge on any atom is 0.306 e. The van der Waals surface area contributed by atoms with Gasteiger partial charge in [-0.15, -0.1) is 0 Å². The third-order valence-electron chi connectivity index (χ3n) is 13.6. The summed E-state index contributed by atoms with van der Waals surface area (Å²) in [6.07, 6.45) is 102. The van der Waals surface area contributed by atoms with Gasteiger partial charge in [0.2, 0.25) is 0 Å². The van der Waals surface area contributed by atoms with Crippen LogP contribution in [-0.2, 0) is 19.1 Å². The smallest absolute Gasteiger partial charge is 0.306 e. The van der Waals surface area contributed by atoms with Crippen LogP contribution in [0.4, 0.5) is 0 Å². The van der Waals surface area contributed by atoms with Crippen LogP contribution in [0, 0.1) is 0 Å². The molecule has 0 bridgehead atoms. The minimum Gasteiger partial charge on any atom is -0.462 e. The molecule has 1 N–H and O–H groups in total. The quantitative estimate of drug-likeness (QED) is 0.0373. The molecule has 5 heteroatoms. The fourth-order valence-electron chi connectivity index (χ4n) is 8.87. The maximum absolute atomic E-state index is 12.3. The van der Waals surface area contributed by atoms with Gasteiger partial charge in [-0.25, -0.2) is 0 Å². The molecular weight excluding hydrogens is 957 g/mol. The predicted octanol–water partition coefficient (Wildman–Crippen LogP) is 22.5. The van der Waals surface area contributed by atoms with E-state index in [1.54, 1.807) is 0 Å². The number of hydrogen-bond acceptors (Lipinski definition) is 5. The molecule has 0 aromatic heterocycles. The summed E-state index contributed by atoms with van der Waals surface area (Å²) >= 11 is 0. The first-order valence-corrected chi connectivity index (χ1v) is 32.4. The number of aliphatic hydroxyl groups is 1. The van der Waals surface area contributed by atoms with Gasteiger partial charge < -0.3 is 14.6 Å². The molecule has 442 valence electrons. The van der Waals surface area contributed by atoms with Crippen LogP contribution in [0.2, 0.25) is 0 Å². The molecule has 0 saturated heterocycles. The molecule has 0 aliphatic heterocycles. The van der Waals surface area contributed by atoms with Crippen LogP contribution >= 0.6 is 0 Å². The summed E-state index contributed by atoms with van der Waals surface area (Å²) < 4.78 is 10.7. The van der Waals surface area contributed by atoms with Crippen molar-refractivity contribution in [3.05, 3.63) is 146 Å². The summed E-state index contributed by atoms with van der Waals surface area (Å²) in [6.45, 7) is 3.88. The highest BCUT2D eigenvalue weighted by Gasteiger charge is 2.16. The van der Waals surface area contributed by atoms with Crippen LogP contribution < -0.4 is 0 Å². The van der Waals surface area contributed by atoms with Crippen LogP contribution in [0.5, 0.6) is 0 Å². The molecule has 0 heterocycles. The highest BCUT2D eigenvalue weighted by Crippen LogP contribution is 2.17. The Hall–Kier alpha value is -4.22. The van der Waals surface area contributed by atoms with E-state index in [2.05, 4.69) is 160 Å². The summed E-state index contributed by atoms with van der Waals surface area (Å²) in [4.78, 5) is 24.5. The Balaban J connectivity index is 3.50. The van der Waals surface area contributed by atoms with E-state index in [1.165, 1.54) is 148 Å². The van der Waals surface area contributed by atoms with E-state index >= 15 is 0 Å². The van der Waals surface area contributed by atoms with Gasteiger partial charge in [-0.3, -0.25) is 9.59 Å². The molecule has 78 heavy (non-hydrogen) atoms. The fourth-order valence-corrected chi connectivity index (χ4v) is 8.87. The second kappa shape index (κ2) is 67.1. The topological polar surface area (TPSA) is 72.8 Å². The average Bonchev–Trinajstić information content (AvgIpc) is 3.44. The van der Waals surface area contributed by atoms with Crippen LogP contribution in [0.15, 0.2) is 146 Å². The van der Waals surface area contributed by atoms with Crippen LogP contribution in [0.1, 0.15) is 284 Å². The second-order valence-corrected chi connectivity index (χ2v) is 21.1. The molecule has 5 nitrogen and oxygen atoms in total. The van der Waals surface area contributed by atoms with Gasteiger partial charge in [-0.05, 0) is 109 Å². The molecular formula is C73H120O5. The first kappa shape index (κ1) is 73.8. The molecule has 0 saturated carbocycles. The molecule has 0 rings (SSSR count). The lowest BCUT2D eigenvalue weighted by Gasteiger charge is -2.15. The number of carbonyl (C=O) groups is 2. The van der Waals surface area contributed by atoms with Crippen molar-refractivity contribution in [2.75, 3.05) is 13.2 Å². The molecule has 0 amide bonds. The number of esters is 2. The van der Waals surface area contributed by atoms with Crippen LogP contribution in [0.25, 0.3) is 0 Å². The summed E-state index contributed by atoms with van der Waals surface area (Å²) in [5, 5.41) is 9.66. The van der Waals surface area contributed by atoms with Crippen molar-refractivity contribution in [3.63, 3.8) is 0 Å². The van der Waals surface area contributed by atoms with Crippen molar-refractivity contribution < 1.29 is 24.2 Å². The Morgan fingerprint density at radius 2 is 0.526 bits per heavy atom. The van der Waals surface area contributed by atoms with Crippen molar-refractivity contribution in [1.29, 1.82) is 0 Å². The maximum atomic E-state index is 12.3. The minimum atomic E-state index is -0.811. The largest absolute Gasteiger partial charge is 0.462 e. The Morgan fingerprint density at radius 3 is 0.808 bits per heavy atom. The van der Waals surface area contributed by atoms with Crippen molar-refractivity contribution in [1.82, 2.24) is 0 Å². The van der Waals surface area contributed by atoms with Gasteiger partial charge in [0.05, 0.1) is 6.61 Å². The third-order valence-corrected chi connectivity index (χ3v) is 13.6. The number of ether oxygens (including phenoxy) is 2. The Bertz CT molecular complexity index is 1650. The number of unbranched alkanes of at least 4 members (excludes halogenated alkanes) is 26. The molecule has 0 aliphatic rings. The van der Waals surface area contributed by atoms with E-state index in [9.17, 15) is 14.7 Å². The molecule has 1 atom stereocenters. The zero-order chi connectivity index (χ0) is 56.2. The van der Waals surface area contributed by atoms with Crippen molar-refractivity contribution >= 4 is 11.9 Å². The van der Waals surface area contributed by atoms with E-state index in [4.69, 9.17) is 9.47 Å². The first-order valence-electron chi connectivity index (χ1n) is 32.4. The Kier molecular flexibility index (Phi) is 63.4. The zero-order valence-corrected chi connectivity index (χ0v) is 50.6. The summed E-state index contributed by atoms with van der Waals surface area (Å²) in [5.74, 6) is -0.659. The Morgan fingerprint density at radius 1 is 0.295 bits per heavy atom. The average molecular weight is 1080 g/mol. The molecule has 0 aliphatic carbocycles. The number of hydrogen-bond donors (Lipinski definition) is 1. The van der Waals surface area contributed by atoms with Crippen molar-refractivity contribution in [2.24, 2.45) is 0 Å². The number of rotatable bonds is 58. The van der Waals surface area contributed by atoms with Crippen molar-refractivity contribution in [3.8, 4) is 0 Å². The van der Waals surface area contributed by atoms with Gasteiger partial charge in [-0.2, -0.15) is 0 Å². The summed E-state index contributed by atoms with van der Waals surface area (Å²) in [6, 6.07) is 0. The van der Waals surface area contributed by atoms with E-state index in [-0.39, 0.29) is 31.6 Å². The molecule has 0 aromatic carbocycles.